The zero-order valence-corrected chi connectivity index (χ0v) is 20.5. The maximum absolute atomic E-state index is 12.1. The standard InChI is InChI=1S/C25H43NO6/c1-7-9-10-26-22(30)32-13-15-12-16-19-17(23(19,4)5)11-14(3)24(6,21(16)29)25(31,20(15)28)18(27)8-2/h12,14,16-21,27-29,31H,7-11,13H2,1-6H3,(H,26,30)/t14-,16+,17-,18+,19+,20-,21?,24+,25-/m1/s1. The van der Waals surface area contributed by atoms with Crippen LogP contribution in [0.2, 0.25) is 0 Å². The van der Waals surface area contributed by atoms with Crippen LogP contribution in [0, 0.1) is 34.5 Å². The normalized spacial score (nSPS) is 43.2. The fourth-order valence-electron chi connectivity index (χ4n) is 6.80. The Bertz CT molecular complexity index is 738. The molecule has 184 valence electrons. The van der Waals surface area contributed by atoms with Gasteiger partial charge >= 0.3 is 6.09 Å². The molecular weight excluding hydrogens is 410 g/mol. The van der Waals surface area contributed by atoms with Crippen molar-refractivity contribution < 1.29 is 30.0 Å². The van der Waals surface area contributed by atoms with Gasteiger partial charge in [0.1, 0.15) is 18.3 Å². The van der Waals surface area contributed by atoms with Crippen LogP contribution in [0.25, 0.3) is 0 Å². The van der Waals surface area contributed by atoms with Gasteiger partial charge in [0, 0.05) is 17.9 Å². The number of hydrogen-bond donors (Lipinski definition) is 5. The van der Waals surface area contributed by atoms with Crippen LogP contribution < -0.4 is 5.32 Å². The zero-order chi connectivity index (χ0) is 24.1. The number of carbonyl (C=O) groups is 1. The molecule has 7 heteroatoms. The summed E-state index contributed by atoms with van der Waals surface area (Å²) in [5, 5.41) is 48.8. The third kappa shape index (κ3) is 3.69. The fourth-order valence-corrected chi connectivity index (χ4v) is 6.80. The Balaban J connectivity index is 2.00. The van der Waals surface area contributed by atoms with Crippen LogP contribution in [-0.2, 0) is 4.74 Å². The second kappa shape index (κ2) is 8.90. The topological polar surface area (TPSA) is 119 Å². The van der Waals surface area contributed by atoms with Gasteiger partial charge in [-0.05, 0) is 48.0 Å². The summed E-state index contributed by atoms with van der Waals surface area (Å²) in [4.78, 5) is 12.1. The lowest BCUT2D eigenvalue weighted by molar-refractivity contribution is -0.247. The number of carbonyl (C=O) groups excluding carboxylic acids is 1. The SMILES string of the molecule is CCCCNC(=O)OCC1=C[C@@H]2C(O)[C@](C)([C@H](C)C[C@@H]3[C@H]2C3(C)C)[C@@](O)([C@@H](O)CC)[C@@H]1O. The monoisotopic (exact) mass is 453 g/mol. The van der Waals surface area contributed by atoms with Crippen LogP contribution >= 0.6 is 0 Å². The van der Waals surface area contributed by atoms with E-state index in [4.69, 9.17) is 4.74 Å². The van der Waals surface area contributed by atoms with Crippen LogP contribution in [0.5, 0.6) is 0 Å². The van der Waals surface area contributed by atoms with Crippen molar-refractivity contribution in [2.45, 2.75) is 91.1 Å². The molecule has 1 amide bonds. The molecule has 0 aromatic heterocycles. The number of aliphatic hydroxyl groups is 4. The second-order valence-electron chi connectivity index (χ2n) is 11.1. The number of alkyl carbamates (subject to hydrolysis) is 1. The molecule has 3 aliphatic carbocycles. The highest BCUT2D eigenvalue weighted by Crippen LogP contribution is 2.71. The van der Waals surface area contributed by atoms with Gasteiger partial charge in [-0.2, -0.15) is 0 Å². The third-order valence-corrected chi connectivity index (χ3v) is 9.27. The van der Waals surface area contributed by atoms with Gasteiger partial charge in [-0.1, -0.05) is 54.0 Å². The lowest BCUT2D eigenvalue weighted by atomic mass is 9.56. The molecule has 0 spiro atoms. The number of aliphatic hydroxyl groups excluding tert-OH is 3. The molecule has 2 bridgehead atoms. The molecule has 32 heavy (non-hydrogen) atoms. The van der Waals surface area contributed by atoms with E-state index in [-0.39, 0.29) is 36.2 Å². The molecule has 0 radical (unpaired) electrons. The van der Waals surface area contributed by atoms with Crippen molar-refractivity contribution in [3.63, 3.8) is 0 Å². The number of unbranched alkanes of at least 4 members (excludes halogenated alkanes) is 1. The quantitative estimate of drug-likeness (QED) is 0.299. The Morgan fingerprint density at radius 1 is 1.28 bits per heavy atom. The van der Waals surface area contributed by atoms with Crippen LogP contribution in [0.3, 0.4) is 0 Å². The first-order valence-electron chi connectivity index (χ1n) is 12.3. The predicted molar refractivity (Wildman–Crippen MR) is 122 cm³/mol. The van der Waals surface area contributed by atoms with Crippen LogP contribution in [-0.4, -0.2) is 63.6 Å². The van der Waals surface area contributed by atoms with E-state index in [0.717, 1.165) is 19.3 Å². The Morgan fingerprint density at radius 2 is 1.94 bits per heavy atom. The molecule has 2 fully saturated rings. The minimum absolute atomic E-state index is 0.0397. The lowest BCUT2D eigenvalue weighted by Gasteiger charge is -2.55. The van der Waals surface area contributed by atoms with Crippen molar-refractivity contribution in [3.05, 3.63) is 11.6 Å². The van der Waals surface area contributed by atoms with Crippen LogP contribution in [0.15, 0.2) is 11.6 Å². The summed E-state index contributed by atoms with van der Waals surface area (Å²) >= 11 is 0. The minimum atomic E-state index is -1.98. The Hall–Kier alpha value is -1.15. The number of ether oxygens (including phenoxy) is 1. The highest BCUT2D eigenvalue weighted by atomic mass is 16.5. The fraction of sp³-hybridized carbons (Fsp3) is 0.880. The third-order valence-electron chi connectivity index (χ3n) is 9.27. The summed E-state index contributed by atoms with van der Waals surface area (Å²) < 4.78 is 5.38. The van der Waals surface area contributed by atoms with Gasteiger partial charge < -0.3 is 30.5 Å². The molecule has 5 N–H and O–H groups in total. The average molecular weight is 454 g/mol. The number of amides is 1. The largest absolute Gasteiger partial charge is 0.445 e. The maximum Gasteiger partial charge on any atom is 0.407 e. The van der Waals surface area contributed by atoms with E-state index in [1.54, 1.807) is 13.8 Å². The van der Waals surface area contributed by atoms with E-state index in [2.05, 4.69) is 19.2 Å². The molecule has 0 aliphatic heterocycles. The number of nitrogens with one attached hydrogen (secondary N) is 1. The Labute approximate surface area is 192 Å². The van der Waals surface area contributed by atoms with E-state index >= 15 is 0 Å². The molecule has 1 unspecified atom stereocenters. The first-order valence-corrected chi connectivity index (χ1v) is 12.3. The van der Waals surface area contributed by atoms with Gasteiger partial charge in [0.25, 0.3) is 0 Å². The molecule has 0 aromatic rings. The number of rotatable bonds is 7. The summed E-state index contributed by atoms with van der Waals surface area (Å²) in [6.07, 6.45) is 0.383. The number of fused-ring (bicyclic) bond motifs is 4. The first kappa shape index (κ1) is 25.5. The maximum atomic E-state index is 12.1. The van der Waals surface area contributed by atoms with Gasteiger partial charge in [-0.15, -0.1) is 0 Å². The van der Waals surface area contributed by atoms with Crippen molar-refractivity contribution >= 4 is 6.09 Å². The van der Waals surface area contributed by atoms with Crippen LogP contribution in [0.1, 0.15) is 67.2 Å². The predicted octanol–water partition coefficient (Wildman–Crippen LogP) is 2.61. The van der Waals surface area contributed by atoms with E-state index in [0.29, 0.717) is 18.0 Å². The van der Waals surface area contributed by atoms with E-state index in [1.165, 1.54) is 0 Å². The van der Waals surface area contributed by atoms with Gasteiger partial charge in [-0.3, -0.25) is 0 Å². The summed E-state index contributed by atoms with van der Waals surface area (Å²) in [7, 11) is 0. The van der Waals surface area contributed by atoms with Crippen molar-refractivity contribution in [1.29, 1.82) is 0 Å². The molecule has 0 aromatic carbocycles. The van der Waals surface area contributed by atoms with Crippen molar-refractivity contribution in [2.75, 3.05) is 13.2 Å². The minimum Gasteiger partial charge on any atom is -0.445 e. The average Bonchev–Trinajstić information content (AvgIpc) is 3.32. The molecule has 3 aliphatic rings. The lowest BCUT2D eigenvalue weighted by Crippen LogP contribution is -2.68. The smallest absolute Gasteiger partial charge is 0.407 e. The summed E-state index contributed by atoms with van der Waals surface area (Å²) in [5.41, 5.74) is -2.74. The molecule has 2 saturated carbocycles. The Morgan fingerprint density at radius 3 is 2.53 bits per heavy atom. The van der Waals surface area contributed by atoms with Gasteiger partial charge in [0.05, 0.1) is 12.2 Å². The molecule has 7 nitrogen and oxygen atoms in total. The summed E-state index contributed by atoms with van der Waals surface area (Å²) in [6, 6.07) is 0. The summed E-state index contributed by atoms with van der Waals surface area (Å²) in [5.74, 6) is 0.138. The van der Waals surface area contributed by atoms with Crippen molar-refractivity contribution in [1.82, 2.24) is 5.32 Å². The van der Waals surface area contributed by atoms with Crippen molar-refractivity contribution in [2.24, 2.45) is 34.5 Å². The van der Waals surface area contributed by atoms with E-state index < -0.39 is 35.4 Å². The summed E-state index contributed by atoms with van der Waals surface area (Å²) in [6.45, 7) is 12.3. The van der Waals surface area contributed by atoms with Crippen molar-refractivity contribution in [3.8, 4) is 0 Å². The first-order chi connectivity index (χ1) is 14.9. The molecular formula is C25H43NO6. The Kier molecular flexibility index (Phi) is 7.08. The van der Waals surface area contributed by atoms with Gasteiger partial charge in [0.15, 0.2) is 0 Å². The number of hydrogen-bond acceptors (Lipinski definition) is 6. The van der Waals surface area contributed by atoms with E-state index in [1.807, 2.05) is 19.9 Å². The molecule has 9 atom stereocenters. The van der Waals surface area contributed by atoms with Gasteiger partial charge in [-0.25, -0.2) is 4.79 Å². The molecule has 0 heterocycles. The second-order valence-corrected chi connectivity index (χ2v) is 11.1. The molecule has 0 saturated heterocycles. The van der Waals surface area contributed by atoms with E-state index in [9.17, 15) is 25.2 Å². The highest BCUT2D eigenvalue weighted by Gasteiger charge is 2.72. The van der Waals surface area contributed by atoms with Gasteiger partial charge in [0.2, 0.25) is 0 Å². The zero-order valence-electron chi connectivity index (χ0n) is 20.5. The van der Waals surface area contributed by atoms with Crippen LogP contribution in [0.4, 0.5) is 4.79 Å². The molecule has 3 rings (SSSR count). The highest BCUT2D eigenvalue weighted by molar-refractivity contribution is 5.67.